The van der Waals surface area contributed by atoms with Gasteiger partial charge in [-0.2, -0.15) is 5.26 Å². The molecule has 0 radical (unpaired) electrons. The average Bonchev–Trinajstić information content (AvgIpc) is 2.25. The number of ether oxygens (including phenoxy) is 1. The zero-order valence-corrected chi connectivity index (χ0v) is 8.82. The van der Waals surface area contributed by atoms with Gasteiger partial charge in [0.05, 0.1) is 13.2 Å². The predicted molar refractivity (Wildman–Crippen MR) is 56.7 cm³/mol. The van der Waals surface area contributed by atoms with Crippen LogP contribution in [-0.4, -0.2) is 18.8 Å². The lowest BCUT2D eigenvalue weighted by Gasteiger charge is -2.11. The second-order valence-electron chi connectivity index (χ2n) is 3.05. The Labute approximate surface area is 89.1 Å². The lowest BCUT2D eigenvalue weighted by atomic mass is 10.1. The van der Waals surface area contributed by atoms with Crippen molar-refractivity contribution in [2.75, 3.05) is 13.7 Å². The first-order valence-electron chi connectivity index (χ1n) is 4.72. The van der Waals surface area contributed by atoms with Crippen molar-refractivity contribution >= 4 is 0 Å². The van der Waals surface area contributed by atoms with Gasteiger partial charge in [0.15, 0.2) is 11.5 Å². The van der Waals surface area contributed by atoms with Crippen LogP contribution in [0.4, 0.5) is 0 Å². The SMILES string of the molecule is CCNC(C#N)c1ccc(OC)c(O)c1. The van der Waals surface area contributed by atoms with E-state index in [-0.39, 0.29) is 5.75 Å². The molecule has 1 rings (SSSR count). The normalized spacial score (nSPS) is 11.8. The number of methoxy groups -OCH3 is 1. The van der Waals surface area contributed by atoms with E-state index < -0.39 is 6.04 Å². The van der Waals surface area contributed by atoms with E-state index >= 15 is 0 Å². The van der Waals surface area contributed by atoms with Crippen LogP contribution in [0.1, 0.15) is 18.5 Å². The second-order valence-corrected chi connectivity index (χ2v) is 3.05. The van der Waals surface area contributed by atoms with Crippen LogP contribution < -0.4 is 10.1 Å². The van der Waals surface area contributed by atoms with E-state index in [4.69, 9.17) is 10.00 Å². The Balaban J connectivity index is 2.96. The van der Waals surface area contributed by atoms with Crippen molar-refractivity contribution in [3.05, 3.63) is 23.8 Å². The fourth-order valence-electron chi connectivity index (χ4n) is 1.33. The van der Waals surface area contributed by atoms with E-state index in [9.17, 15) is 5.11 Å². The third kappa shape index (κ3) is 2.61. The molecule has 4 nitrogen and oxygen atoms in total. The highest BCUT2D eigenvalue weighted by Gasteiger charge is 2.11. The molecule has 0 aliphatic heterocycles. The summed E-state index contributed by atoms with van der Waals surface area (Å²) in [7, 11) is 1.49. The first-order valence-corrected chi connectivity index (χ1v) is 4.72. The van der Waals surface area contributed by atoms with Gasteiger partial charge in [-0.3, -0.25) is 5.32 Å². The standard InChI is InChI=1S/C11H14N2O2/c1-3-13-9(7-12)8-4-5-11(15-2)10(14)6-8/h4-6,9,13-14H,3H2,1-2H3. The van der Waals surface area contributed by atoms with Crippen LogP contribution in [0.3, 0.4) is 0 Å². The van der Waals surface area contributed by atoms with Crippen LogP contribution >= 0.6 is 0 Å². The van der Waals surface area contributed by atoms with Gasteiger partial charge >= 0.3 is 0 Å². The van der Waals surface area contributed by atoms with E-state index in [1.807, 2.05) is 6.92 Å². The highest BCUT2D eigenvalue weighted by atomic mass is 16.5. The smallest absolute Gasteiger partial charge is 0.160 e. The molecule has 0 bridgehead atoms. The molecule has 0 aliphatic rings. The Morgan fingerprint density at radius 1 is 1.60 bits per heavy atom. The van der Waals surface area contributed by atoms with Crippen molar-refractivity contribution in [2.24, 2.45) is 0 Å². The number of nitrogens with zero attached hydrogens (tertiary/aromatic N) is 1. The van der Waals surface area contributed by atoms with Crippen molar-refractivity contribution in [3.63, 3.8) is 0 Å². The first-order chi connectivity index (χ1) is 7.22. The summed E-state index contributed by atoms with van der Waals surface area (Å²) in [4.78, 5) is 0. The largest absolute Gasteiger partial charge is 0.504 e. The molecule has 0 saturated heterocycles. The van der Waals surface area contributed by atoms with Crippen molar-refractivity contribution in [3.8, 4) is 17.6 Å². The van der Waals surface area contributed by atoms with Gasteiger partial charge in [0, 0.05) is 0 Å². The van der Waals surface area contributed by atoms with Crippen molar-refractivity contribution in [1.29, 1.82) is 5.26 Å². The number of phenolic OH excluding ortho intramolecular Hbond substituents is 1. The maximum atomic E-state index is 9.54. The van der Waals surface area contributed by atoms with E-state index in [0.29, 0.717) is 12.3 Å². The van der Waals surface area contributed by atoms with Crippen LogP contribution in [0.15, 0.2) is 18.2 Å². The zero-order chi connectivity index (χ0) is 11.3. The molecule has 2 N–H and O–H groups in total. The second kappa shape index (κ2) is 5.23. The quantitative estimate of drug-likeness (QED) is 0.784. The van der Waals surface area contributed by atoms with Crippen LogP contribution in [-0.2, 0) is 0 Å². The summed E-state index contributed by atoms with van der Waals surface area (Å²) in [5.74, 6) is 0.458. The van der Waals surface area contributed by atoms with E-state index in [2.05, 4.69) is 11.4 Å². The van der Waals surface area contributed by atoms with Gasteiger partial charge in [-0.15, -0.1) is 0 Å². The van der Waals surface area contributed by atoms with Crippen LogP contribution in [0.2, 0.25) is 0 Å². The summed E-state index contributed by atoms with van der Waals surface area (Å²) in [6.07, 6.45) is 0. The summed E-state index contributed by atoms with van der Waals surface area (Å²) < 4.78 is 4.92. The van der Waals surface area contributed by atoms with Crippen molar-refractivity contribution in [2.45, 2.75) is 13.0 Å². The Bertz CT molecular complexity index is 371. The highest BCUT2D eigenvalue weighted by molar-refractivity contribution is 5.43. The number of nitrogens with one attached hydrogen (secondary N) is 1. The van der Waals surface area contributed by atoms with Crippen molar-refractivity contribution < 1.29 is 9.84 Å². The minimum atomic E-state index is -0.396. The average molecular weight is 206 g/mol. The molecule has 80 valence electrons. The molecule has 1 atom stereocenters. The number of hydrogen-bond acceptors (Lipinski definition) is 4. The summed E-state index contributed by atoms with van der Waals surface area (Å²) in [6, 6.07) is 6.67. The maximum Gasteiger partial charge on any atom is 0.160 e. The molecule has 0 amide bonds. The van der Waals surface area contributed by atoms with Crippen LogP contribution in [0.5, 0.6) is 11.5 Å². The number of rotatable bonds is 4. The molecule has 1 unspecified atom stereocenters. The lowest BCUT2D eigenvalue weighted by Crippen LogP contribution is -2.19. The maximum absolute atomic E-state index is 9.54. The van der Waals surface area contributed by atoms with Gasteiger partial charge in [0.25, 0.3) is 0 Å². The number of hydrogen-bond donors (Lipinski definition) is 2. The molecule has 15 heavy (non-hydrogen) atoms. The molecular formula is C11H14N2O2. The van der Waals surface area contributed by atoms with Crippen LogP contribution in [0, 0.1) is 11.3 Å². The number of aromatic hydroxyl groups is 1. The molecular weight excluding hydrogens is 192 g/mol. The monoisotopic (exact) mass is 206 g/mol. The van der Waals surface area contributed by atoms with E-state index in [1.165, 1.54) is 13.2 Å². The molecule has 0 saturated carbocycles. The molecule has 1 aromatic carbocycles. The Morgan fingerprint density at radius 3 is 2.80 bits per heavy atom. The Kier molecular flexibility index (Phi) is 3.95. The van der Waals surface area contributed by atoms with E-state index in [1.54, 1.807) is 12.1 Å². The fourth-order valence-corrected chi connectivity index (χ4v) is 1.33. The predicted octanol–water partition coefficient (Wildman–Crippen LogP) is 1.57. The van der Waals surface area contributed by atoms with E-state index in [0.717, 1.165) is 5.56 Å². The zero-order valence-electron chi connectivity index (χ0n) is 8.82. The summed E-state index contributed by atoms with van der Waals surface area (Å²) in [6.45, 7) is 2.62. The highest BCUT2D eigenvalue weighted by Crippen LogP contribution is 2.28. The summed E-state index contributed by atoms with van der Waals surface area (Å²) in [5.41, 5.74) is 0.734. The molecule has 4 heteroatoms. The first kappa shape index (κ1) is 11.3. The van der Waals surface area contributed by atoms with Gasteiger partial charge in [-0.1, -0.05) is 13.0 Å². The Morgan fingerprint density at radius 2 is 2.33 bits per heavy atom. The van der Waals surface area contributed by atoms with Gasteiger partial charge in [0.1, 0.15) is 6.04 Å². The number of benzene rings is 1. The topological polar surface area (TPSA) is 65.3 Å². The third-order valence-electron chi connectivity index (χ3n) is 2.07. The lowest BCUT2D eigenvalue weighted by molar-refractivity contribution is 0.372. The fraction of sp³-hybridized carbons (Fsp3) is 0.364. The molecule has 0 fully saturated rings. The molecule has 0 heterocycles. The minimum Gasteiger partial charge on any atom is -0.504 e. The van der Waals surface area contributed by atoms with Gasteiger partial charge in [-0.05, 0) is 24.2 Å². The van der Waals surface area contributed by atoms with Gasteiger partial charge < -0.3 is 9.84 Å². The minimum absolute atomic E-state index is 0.0492. The van der Waals surface area contributed by atoms with Gasteiger partial charge in [0.2, 0.25) is 0 Å². The van der Waals surface area contributed by atoms with Crippen LogP contribution in [0.25, 0.3) is 0 Å². The number of nitriles is 1. The van der Waals surface area contributed by atoms with Crippen molar-refractivity contribution in [1.82, 2.24) is 5.32 Å². The van der Waals surface area contributed by atoms with Gasteiger partial charge in [-0.25, -0.2) is 0 Å². The summed E-state index contributed by atoms with van der Waals surface area (Å²) in [5, 5.41) is 21.4. The molecule has 0 aromatic heterocycles. The Hall–Kier alpha value is -1.73. The summed E-state index contributed by atoms with van der Waals surface area (Å²) >= 11 is 0. The molecule has 1 aromatic rings. The molecule has 0 aliphatic carbocycles. The number of phenols is 1. The molecule has 0 spiro atoms. The third-order valence-corrected chi connectivity index (χ3v) is 2.07.